The summed E-state index contributed by atoms with van der Waals surface area (Å²) in [6, 6.07) is 7.42. The zero-order chi connectivity index (χ0) is 21.9. The van der Waals surface area contributed by atoms with Gasteiger partial charge in [-0.2, -0.15) is 4.98 Å². The molecular formula is C22H33ClIN5O3. The Balaban J connectivity index is 0.00000363. The molecule has 3 rings (SSSR count). The first-order valence-electron chi connectivity index (χ1n) is 10.9. The number of nitrogens with zero attached hydrogens (tertiary/aromatic N) is 4. The van der Waals surface area contributed by atoms with E-state index < -0.39 is 0 Å². The number of hydrogen-bond acceptors (Lipinski definition) is 6. The molecule has 1 saturated heterocycles. The number of halogens is 2. The normalized spacial score (nSPS) is 15.0. The first kappa shape index (κ1) is 26.8. The molecule has 0 unspecified atom stereocenters. The van der Waals surface area contributed by atoms with Crippen LogP contribution >= 0.6 is 35.6 Å². The number of methoxy groups -OCH3 is 1. The maximum absolute atomic E-state index is 6.04. The van der Waals surface area contributed by atoms with Crippen molar-refractivity contribution in [3.8, 4) is 11.4 Å². The van der Waals surface area contributed by atoms with Gasteiger partial charge in [0.2, 0.25) is 11.7 Å². The predicted octanol–water partition coefficient (Wildman–Crippen LogP) is 4.03. The van der Waals surface area contributed by atoms with Crippen LogP contribution in [0.1, 0.15) is 32.1 Å². The topological polar surface area (TPSA) is 85.0 Å². The third-order valence-electron chi connectivity index (χ3n) is 5.06. The molecule has 0 bridgehead atoms. The molecule has 0 radical (unpaired) electrons. The Morgan fingerprint density at radius 3 is 2.84 bits per heavy atom. The summed E-state index contributed by atoms with van der Waals surface area (Å²) in [6.45, 7) is 6.85. The maximum Gasteiger partial charge on any atom is 0.228 e. The van der Waals surface area contributed by atoms with Gasteiger partial charge >= 0.3 is 0 Å². The molecule has 0 spiro atoms. The molecule has 1 aliphatic rings. The summed E-state index contributed by atoms with van der Waals surface area (Å²) >= 11 is 6.04. The van der Waals surface area contributed by atoms with E-state index in [4.69, 9.17) is 30.6 Å². The first-order chi connectivity index (χ1) is 15.2. The highest BCUT2D eigenvalue weighted by molar-refractivity contribution is 14.0. The molecule has 8 nitrogen and oxygen atoms in total. The van der Waals surface area contributed by atoms with Crippen molar-refractivity contribution in [2.75, 3.05) is 46.5 Å². The first-order valence-corrected chi connectivity index (χ1v) is 11.3. The van der Waals surface area contributed by atoms with Crippen LogP contribution in [0.25, 0.3) is 11.4 Å². The van der Waals surface area contributed by atoms with Gasteiger partial charge in [-0.15, -0.1) is 24.0 Å². The van der Waals surface area contributed by atoms with Gasteiger partial charge in [0.15, 0.2) is 5.96 Å². The standard InChI is InChI=1S/C22H32ClN5O3.HI/c1-3-24-22(28-12-9-19(10-13-28)30-15-5-14-29-2)25-11-8-20-26-21(27-31-20)17-6-4-7-18(23)16-17;/h4,6-7,16,19H,3,5,8-15H2,1-2H3,(H,24,25);1H. The average Bonchev–Trinajstić information content (AvgIpc) is 3.26. The number of aromatic nitrogens is 2. The van der Waals surface area contributed by atoms with Crippen LogP contribution in [0.15, 0.2) is 33.8 Å². The number of piperidine rings is 1. The van der Waals surface area contributed by atoms with Crippen LogP contribution in [0.5, 0.6) is 0 Å². The molecule has 10 heteroatoms. The van der Waals surface area contributed by atoms with Gasteiger partial charge in [0.25, 0.3) is 0 Å². The number of hydrogen-bond donors (Lipinski definition) is 1. The van der Waals surface area contributed by atoms with E-state index in [1.54, 1.807) is 7.11 Å². The van der Waals surface area contributed by atoms with Gasteiger partial charge in [-0.1, -0.05) is 28.9 Å². The van der Waals surface area contributed by atoms with Gasteiger partial charge in [0.1, 0.15) is 0 Å². The van der Waals surface area contributed by atoms with E-state index in [1.807, 2.05) is 24.3 Å². The molecule has 1 N–H and O–H groups in total. The van der Waals surface area contributed by atoms with E-state index in [-0.39, 0.29) is 24.0 Å². The van der Waals surface area contributed by atoms with Crippen LogP contribution in [0.2, 0.25) is 5.02 Å². The fraction of sp³-hybridized carbons (Fsp3) is 0.591. The molecular weight excluding hydrogens is 545 g/mol. The van der Waals surface area contributed by atoms with Gasteiger partial charge < -0.3 is 24.2 Å². The van der Waals surface area contributed by atoms with Gasteiger partial charge in [-0.25, -0.2) is 0 Å². The molecule has 2 heterocycles. The van der Waals surface area contributed by atoms with Crippen LogP contribution in [-0.4, -0.2) is 73.6 Å². The van der Waals surface area contributed by atoms with Crippen molar-refractivity contribution in [1.29, 1.82) is 0 Å². The lowest BCUT2D eigenvalue weighted by atomic mass is 10.1. The summed E-state index contributed by atoms with van der Waals surface area (Å²) in [5.74, 6) is 2.04. The minimum absolute atomic E-state index is 0. The summed E-state index contributed by atoms with van der Waals surface area (Å²) in [7, 11) is 1.72. The fourth-order valence-corrected chi connectivity index (χ4v) is 3.66. The molecule has 32 heavy (non-hydrogen) atoms. The molecule has 1 aromatic carbocycles. The highest BCUT2D eigenvalue weighted by Crippen LogP contribution is 2.20. The maximum atomic E-state index is 6.04. The lowest BCUT2D eigenvalue weighted by Gasteiger charge is -2.34. The summed E-state index contributed by atoms with van der Waals surface area (Å²) < 4.78 is 16.4. The van der Waals surface area contributed by atoms with E-state index in [9.17, 15) is 0 Å². The average molecular weight is 578 g/mol. The second-order valence-electron chi connectivity index (χ2n) is 7.41. The summed E-state index contributed by atoms with van der Waals surface area (Å²) in [5, 5.41) is 8.09. The Bertz CT molecular complexity index is 827. The molecule has 1 fully saturated rings. The van der Waals surface area contributed by atoms with Crippen LogP contribution in [0.3, 0.4) is 0 Å². The Kier molecular flexibility index (Phi) is 12.3. The van der Waals surface area contributed by atoms with Gasteiger partial charge in [0.05, 0.1) is 12.6 Å². The van der Waals surface area contributed by atoms with Crippen LogP contribution < -0.4 is 5.32 Å². The van der Waals surface area contributed by atoms with Gasteiger partial charge in [0, 0.05) is 57.0 Å². The second-order valence-corrected chi connectivity index (χ2v) is 7.85. The van der Waals surface area contributed by atoms with Crippen molar-refractivity contribution in [3.63, 3.8) is 0 Å². The fourth-order valence-electron chi connectivity index (χ4n) is 3.47. The SMILES string of the molecule is CCNC(=NCCc1nc(-c2cccc(Cl)c2)no1)N1CCC(OCCCOC)CC1.I. The quantitative estimate of drug-likeness (QED) is 0.198. The summed E-state index contributed by atoms with van der Waals surface area (Å²) in [6.07, 6.45) is 3.85. The zero-order valence-electron chi connectivity index (χ0n) is 18.8. The van der Waals surface area contributed by atoms with Crippen molar-refractivity contribution in [2.45, 2.75) is 38.7 Å². The molecule has 0 atom stereocenters. The molecule has 2 aromatic rings. The van der Waals surface area contributed by atoms with E-state index in [2.05, 4.69) is 27.3 Å². The Morgan fingerprint density at radius 1 is 1.31 bits per heavy atom. The third-order valence-corrected chi connectivity index (χ3v) is 5.30. The minimum Gasteiger partial charge on any atom is -0.385 e. The predicted molar refractivity (Wildman–Crippen MR) is 137 cm³/mol. The van der Waals surface area contributed by atoms with E-state index >= 15 is 0 Å². The zero-order valence-corrected chi connectivity index (χ0v) is 21.8. The second kappa shape index (κ2) is 14.7. The Hall–Kier alpha value is -1.43. The molecule has 0 saturated carbocycles. The van der Waals surface area contributed by atoms with Crippen molar-refractivity contribution in [3.05, 3.63) is 35.2 Å². The Morgan fingerprint density at radius 2 is 2.12 bits per heavy atom. The number of benzene rings is 1. The van der Waals surface area contributed by atoms with Crippen LogP contribution in [-0.2, 0) is 15.9 Å². The largest absolute Gasteiger partial charge is 0.385 e. The monoisotopic (exact) mass is 577 g/mol. The smallest absolute Gasteiger partial charge is 0.228 e. The molecule has 1 aliphatic heterocycles. The van der Waals surface area contributed by atoms with Crippen molar-refractivity contribution < 1.29 is 14.0 Å². The number of aliphatic imine (C=N–C) groups is 1. The van der Waals surface area contributed by atoms with Crippen molar-refractivity contribution >= 4 is 41.5 Å². The molecule has 1 aromatic heterocycles. The Labute approximate surface area is 212 Å². The molecule has 0 amide bonds. The number of rotatable bonds is 10. The van der Waals surface area contributed by atoms with Crippen LogP contribution in [0.4, 0.5) is 0 Å². The van der Waals surface area contributed by atoms with E-state index in [0.29, 0.717) is 35.8 Å². The summed E-state index contributed by atoms with van der Waals surface area (Å²) in [5.41, 5.74) is 0.839. The third kappa shape index (κ3) is 8.49. The van der Waals surface area contributed by atoms with Gasteiger partial charge in [-0.05, 0) is 38.3 Å². The lowest BCUT2D eigenvalue weighted by Crippen LogP contribution is -2.47. The number of likely N-dealkylation sites (tertiary alicyclic amines) is 1. The van der Waals surface area contributed by atoms with Crippen molar-refractivity contribution in [2.24, 2.45) is 4.99 Å². The van der Waals surface area contributed by atoms with Gasteiger partial charge in [-0.3, -0.25) is 4.99 Å². The highest BCUT2D eigenvalue weighted by Gasteiger charge is 2.22. The van der Waals surface area contributed by atoms with Crippen LogP contribution in [0, 0.1) is 0 Å². The van der Waals surface area contributed by atoms with E-state index in [0.717, 1.165) is 63.6 Å². The summed E-state index contributed by atoms with van der Waals surface area (Å²) in [4.78, 5) is 11.5. The van der Waals surface area contributed by atoms with Crippen molar-refractivity contribution in [1.82, 2.24) is 20.4 Å². The molecule has 178 valence electrons. The highest BCUT2D eigenvalue weighted by atomic mass is 127. The molecule has 0 aliphatic carbocycles. The number of nitrogens with one attached hydrogen (secondary N) is 1. The van der Waals surface area contributed by atoms with E-state index in [1.165, 1.54) is 0 Å². The number of guanidine groups is 1. The minimum atomic E-state index is 0. The lowest BCUT2D eigenvalue weighted by molar-refractivity contribution is 0.00991. The number of ether oxygens (including phenoxy) is 2.